The largest absolute Gasteiger partial charge is 0.490 e. The molecule has 4 nitrogen and oxygen atoms in total. The lowest BCUT2D eigenvalue weighted by Crippen LogP contribution is -2.20. The summed E-state index contributed by atoms with van der Waals surface area (Å²) in [5.41, 5.74) is 3.96. The molecule has 3 aromatic carbocycles. The van der Waals surface area contributed by atoms with Crippen LogP contribution in [-0.4, -0.2) is 18.2 Å². The average molecular weight is 411 g/mol. The first-order chi connectivity index (χ1) is 12.5. The molecule has 5 heteroatoms. The van der Waals surface area contributed by atoms with E-state index in [9.17, 15) is 4.79 Å². The van der Waals surface area contributed by atoms with Gasteiger partial charge in [-0.05, 0) is 42.8 Å². The van der Waals surface area contributed by atoms with Crippen molar-refractivity contribution < 1.29 is 9.53 Å². The van der Waals surface area contributed by atoms with Crippen LogP contribution in [0.2, 0.25) is 0 Å². The van der Waals surface area contributed by atoms with E-state index in [0.29, 0.717) is 11.3 Å². The highest BCUT2D eigenvalue weighted by atomic mass is 79.9. The maximum atomic E-state index is 12.5. The van der Waals surface area contributed by atoms with Crippen molar-refractivity contribution in [3.8, 4) is 5.75 Å². The molecule has 0 aliphatic heterocycles. The van der Waals surface area contributed by atoms with Crippen LogP contribution in [0, 0.1) is 0 Å². The SMILES string of the molecule is CC(C)Oc1ccc(Br)cc1C(=O)N/N=C/c1cccc2ccccc12. The molecule has 3 aromatic rings. The zero-order valence-corrected chi connectivity index (χ0v) is 16.2. The van der Waals surface area contributed by atoms with Gasteiger partial charge in [0.05, 0.1) is 17.9 Å². The number of benzene rings is 3. The fourth-order valence-corrected chi connectivity index (χ4v) is 2.98. The molecule has 0 heterocycles. The van der Waals surface area contributed by atoms with Crippen molar-refractivity contribution in [2.45, 2.75) is 20.0 Å². The molecule has 0 fully saturated rings. The monoisotopic (exact) mass is 410 g/mol. The molecule has 0 radical (unpaired) electrons. The van der Waals surface area contributed by atoms with Gasteiger partial charge in [0.1, 0.15) is 5.75 Å². The van der Waals surface area contributed by atoms with Gasteiger partial charge in [-0.2, -0.15) is 5.10 Å². The van der Waals surface area contributed by atoms with Crippen LogP contribution in [0.5, 0.6) is 5.75 Å². The Morgan fingerprint density at radius 2 is 1.88 bits per heavy atom. The van der Waals surface area contributed by atoms with Gasteiger partial charge in [-0.15, -0.1) is 0 Å². The Labute approximate surface area is 161 Å². The van der Waals surface area contributed by atoms with E-state index in [1.165, 1.54) is 0 Å². The van der Waals surface area contributed by atoms with Gasteiger partial charge in [0, 0.05) is 10.0 Å². The van der Waals surface area contributed by atoms with Gasteiger partial charge in [-0.3, -0.25) is 4.79 Å². The highest BCUT2D eigenvalue weighted by molar-refractivity contribution is 9.10. The van der Waals surface area contributed by atoms with Crippen LogP contribution in [0.3, 0.4) is 0 Å². The smallest absolute Gasteiger partial charge is 0.275 e. The van der Waals surface area contributed by atoms with Gasteiger partial charge in [0.15, 0.2) is 0 Å². The van der Waals surface area contributed by atoms with Crippen molar-refractivity contribution in [1.29, 1.82) is 0 Å². The molecule has 0 aromatic heterocycles. The number of ether oxygens (including phenoxy) is 1. The number of carbonyl (C=O) groups excluding carboxylic acids is 1. The summed E-state index contributed by atoms with van der Waals surface area (Å²) in [6.45, 7) is 3.84. The molecule has 0 saturated heterocycles. The molecule has 0 saturated carbocycles. The minimum Gasteiger partial charge on any atom is -0.490 e. The Bertz CT molecular complexity index is 962. The van der Waals surface area contributed by atoms with E-state index >= 15 is 0 Å². The quantitative estimate of drug-likeness (QED) is 0.466. The van der Waals surface area contributed by atoms with Crippen LogP contribution < -0.4 is 10.2 Å². The van der Waals surface area contributed by atoms with Crippen LogP contribution in [0.15, 0.2) is 70.2 Å². The van der Waals surface area contributed by atoms with Gasteiger partial charge in [-0.25, -0.2) is 5.43 Å². The minimum atomic E-state index is -0.321. The molecule has 0 aliphatic rings. The number of halogens is 1. The lowest BCUT2D eigenvalue weighted by Gasteiger charge is -2.13. The summed E-state index contributed by atoms with van der Waals surface area (Å²) in [4.78, 5) is 12.5. The van der Waals surface area contributed by atoms with Crippen molar-refractivity contribution in [3.05, 3.63) is 76.3 Å². The Balaban J connectivity index is 1.80. The maximum Gasteiger partial charge on any atom is 0.275 e. The molecule has 0 spiro atoms. The van der Waals surface area contributed by atoms with Gasteiger partial charge in [0.2, 0.25) is 0 Å². The first-order valence-corrected chi connectivity index (χ1v) is 9.11. The molecule has 0 unspecified atom stereocenters. The summed E-state index contributed by atoms with van der Waals surface area (Å²) in [5, 5.41) is 6.33. The predicted octanol–water partition coefficient (Wildman–Crippen LogP) is 5.15. The molecule has 0 atom stereocenters. The number of fused-ring (bicyclic) bond motifs is 1. The van der Waals surface area contributed by atoms with Crippen LogP contribution in [0.25, 0.3) is 10.8 Å². The zero-order chi connectivity index (χ0) is 18.5. The molecule has 26 heavy (non-hydrogen) atoms. The number of amides is 1. The molecule has 1 amide bonds. The lowest BCUT2D eigenvalue weighted by atomic mass is 10.1. The highest BCUT2D eigenvalue weighted by Crippen LogP contribution is 2.24. The predicted molar refractivity (Wildman–Crippen MR) is 109 cm³/mol. The number of nitrogens with zero attached hydrogens (tertiary/aromatic N) is 1. The topological polar surface area (TPSA) is 50.7 Å². The Morgan fingerprint density at radius 3 is 2.69 bits per heavy atom. The van der Waals surface area contributed by atoms with Gasteiger partial charge in [-0.1, -0.05) is 58.4 Å². The summed E-state index contributed by atoms with van der Waals surface area (Å²) in [7, 11) is 0. The summed E-state index contributed by atoms with van der Waals surface area (Å²) in [5.74, 6) is 0.208. The van der Waals surface area contributed by atoms with Crippen LogP contribution in [-0.2, 0) is 0 Å². The third-order valence-corrected chi connectivity index (χ3v) is 4.24. The zero-order valence-electron chi connectivity index (χ0n) is 14.6. The highest BCUT2D eigenvalue weighted by Gasteiger charge is 2.14. The van der Waals surface area contributed by atoms with Crippen molar-refractivity contribution in [3.63, 3.8) is 0 Å². The molecule has 0 bridgehead atoms. The third-order valence-electron chi connectivity index (χ3n) is 3.74. The summed E-state index contributed by atoms with van der Waals surface area (Å²) >= 11 is 3.39. The van der Waals surface area contributed by atoms with E-state index in [0.717, 1.165) is 20.8 Å². The molecule has 0 aliphatic carbocycles. The van der Waals surface area contributed by atoms with Gasteiger partial charge >= 0.3 is 0 Å². The Morgan fingerprint density at radius 1 is 1.12 bits per heavy atom. The second kappa shape index (κ2) is 8.15. The maximum absolute atomic E-state index is 12.5. The first-order valence-electron chi connectivity index (χ1n) is 8.32. The summed E-state index contributed by atoms with van der Waals surface area (Å²) < 4.78 is 6.51. The van der Waals surface area contributed by atoms with E-state index in [1.54, 1.807) is 18.3 Å². The molecule has 1 N–H and O–H groups in total. The number of carbonyl (C=O) groups is 1. The third kappa shape index (κ3) is 4.29. The second-order valence-corrected chi connectivity index (χ2v) is 6.99. The van der Waals surface area contributed by atoms with Crippen molar-refractivity contribution in [1.82, 2.24) is 5.43 Å². The van der Waals surface area contributed by atoms with Crippen LogP contribution in [0.4, 0.5) is 0 Å². The standard InChI is InChI=1S/C21H19BrN2O2/c1-14(2)26-20-11-10-17(22)12-19(20)21(25)24-23-13-16-8-5-7-15-6-3-4-9-18(15)16/h3-14H,1-2H3,(H,24,25)/b23-13+. The number of rotatable bonds is 5. The van der Waals surface area contributed by atoms with Crippen molar-refractivity contribution >= 4 is 38.8 Å². The average Bonchev–Trinajstić information content (AvgIpc) is 2.63. The van der Waals surface area contributed by atoms with Crippen molar-refractivity contribution in [2.75, 3.05) is 0 Å². The van der Waals surface area contributed by atoms with Gasteiger partial charge in [0.25, 0.3) is 5.91 Å². The van der Waals surface area contributed by atoms with E-state index in [2.05, 4.69) is 26.5 Å². The number of hydrazone groups is 1. The number of hydrogen-bond donors (Lipinski definition) is 1. The molecular weight excluding hydrogens is 392 g/mol. The Kier molecular flexibility index (Phi) is 5.68. The Hall–Kier alpha value is -2.66. The van der Waals surface area contributed by atoms with Crippen molar-refractivity contribution in [2.24, 2.45) is 5.10 Å². The molecule has 132 valence electrons. The van der Waals surface area contributed by atoms with E-state index < -0.39 is 0 Å². The van der Waals surface area contributed by atoms with E-state index in [-0.39, 0.29) is 12.0 Å². The molecular formula is C21H19BrN2O2. The fourth-order valence-electron chi connectivity index (χ4n) is 2.62. The summed E-state index contributed by atoms with van der Waals surface area (Å²) in [6.07, 6.45) is 1.63. The number of hydrogen-bond acceptors (Lipinski definition) is 3. The van der Waals surface area contributed by atoms with E-state index in [4.69, 9.17) is 4.74 Å². The second-order valence-electron chi connectivity index (χ2n) is 6.07. The van der Waals surface area contributed by atoms with Crippen LogP contribution in [0.1, 0.15) is 29.8 Å². The van der Waals surface area contributed by atoms with E-state index in [1.807, 2.05) is 62.4 Å². The number of nitrogens with one attached hydrogen (secondary N) is 1. The normalized spacial score (nSPS) is 11.2. The minimum absolute atomic E-state index is 0.0260. The molecule has 3 rings (SSSR count). The first kappa shape index (κ1) is 18.1. The fraction of sp³-hybridized carbons (Fsp3) is 0.143. The summed E-state index contributed by atoms with van der Waals surface area (Å²) in [6, 6.07) is 19.4. The van der Waals surface area contributed by atoms with Gasteiger partial charge < -0.3 is 4.74 Å². The lowest BCUT2D eigenvalue weighted by molar-refractivity contribution is 0.0949. The van der Waals surface area contributed by atoms with Crippen LogP contribution >= 0.6 is 15.9 Å².